The molecule has 30 heavy (non-hydrogen) atoms. The van der Waals surface area contributed by atoms with E-state index in [4.69, 9.17) is 5.14 Å². The number of nitriles is 1. The van der Waals surface area contributed by atoms with Gasteiger partial charge < -0.3 is 10.2 Å². The molecule has 0 spiro atoms. The van der Waals surface area contributed by atoms with Gasteiger partial charge in [-0.3, -0.25) is 0 Å². The van der Waals surface area contributed by atoms with Crippen LogP contribution in [0.25, 0.3) is 0 Å². The minimum Gasteiger partial charge on any atom is -0.379 e. The van der Waals surface area contributed by atoms with Crippen molar-refractivity contribution < 1.29 is 12.8 Å². The highest BCUT2D eigenvalue weighted by Gasteiger charge is 2.45. The second-order valence-electron chi connectivity index (χ2n) is 8.27. The first kappa shape index (κ1) is 22.2. The molecule has 2 aromatic carbocycles. The molecule has 0 saturated heterocycles. The van der Waals surface area contributed by atoms with Gasteiger partial charge in [0.1, 0.15) is 11.9 Å². The van der Waals surface area contributed by atoms with E-state index in [1.807, 2.05) is 38.4 Å². The fourth-order valence-electron chi connectivity index (χ4n) is 3.85. The third kappa shape index (κ3) is 5.17. The highest BCUT2D eigenvalue weighted by atomic mass is 32.2. The molecule has 8 heteroatoms. The molecule has 1 saturated carbocycles. The van der Waals surface area contributed by atoms with E-state index in [1.165, 1.54) is 5.56 Å². The van der Waals surface area contributed by atoms with Gasteiger partial charge in [0.05, 0.1) is 16.1 Å². The molecule has 3 rings (SSSR count). The number of primary sulfonamides is 1. The summed E-state index contributed by atoms with van der Waals surface area (Å²) < 4.78 is 38.0. The number of nitrogens with two attached hydrogens (primary N) is 1. The molecule has 0 heterocycles. The number of halogens is 1. The molecular weight excluding hydrogens is 403 g/mol. The summed E-state index contributed by atoms with van der Waals surface area (Å²) in [6.45, 7) is 0.793. The average molecular weight is 431 g/mol. The maximum absolute atomic E-state index is 14.8. The molecular formula is C22H27FN4O2S. The van der Waals surface area contributed by atoms with Crippen molar-refractivity contribution in [3.8, 4) is 6.07 Å². The number of benzene rings is 2. The summed E-state index contributed by atoms with van der Waals surface area (Å²) >= 11 is 0. The molecule has 1 atom stereocenters. The second kappa shape index (κ2) is 8.72. The topological polar surface area (TPSA) is 99.2 Å². The minimum atomic E-state index is -4.10. The Kier molecular flexibility index (Phi) is 6.46. The van der Waals surface area contributed by atoms with Crippen molar-refractivity contribution in [1.29, 1.82) is 5.26 Å². The van der Waals surface area contributed by atoms with Crippen LogP contribution in [0.3, 0.4) is 0 Å². The zero-order chi connectivity index (χ0) is 21.9. The standard InChI is InChI=1S/C22H27FN4O2S/c1-27(2)11-8-18(14-22(9-10-22)17-6-4-3-5-7-17)26-21-16(15-24)12-19(13-20(21)23)30(25,28)29/h3-7,12-13,18,26H,8-11,14H2,1-2H3,(H2,25,28,29)/t18-/m1/s1. The molecule has 2 aromatic rings. The van der Waals surface area contributed by atoms with Gasteiger partial charge in [-0.25, -0.2) is 17.9 Å². The van der Waals surface area contributed by atoms with E-state index in [9.17, 15) is 18.1 Å². The van der Waals surface area contributed by atoms with E-state index in [1.54, 1.807) is 0 Å². The van der Waals surface area contributed by atoms with Gasteiger partial charge in [-0.1, -0.05) is 30.3 Å². The van der Waals surface area contributed by atoms with Crippen LogP contribution >= 0.6 is 0 Å². The highest BCUT2D eigenvalue weighted by molar-refractivity contribution is 7.89. The van der Waals surface area contributed by atoms with E-state index in [2.05, 4.69) is 22.3 Å². The first-order valence-electron chi connectivity index (χ1n) is 9.88. The van der Waals surface area contributed by atoms with Gasteiger partial charge in [0.2, 0.25) is 10.0 Å². The lowest BCUT2D eigenvalue weighted by atomic mass is 9.87. The Morgan fingerprint density at radius 2 is 1.93 bits per heavy atom. The lowest BCUT2D eigenvalue weighted by Gasteiger charge is -2.27. The lowest BCUT2D eigenvalue weighted by Crippen LogP contribution is -2.30. The fraction of sp³-hybridized carbons (Fsp3) is 0.409. The molecule has 3 N–H and O–H groups in total. The fourth-order valence-corrected chi connectivity index (χ4v) is 4.40. The van der Waals surface area contributed by atoms with Crippen molar-refractivity contribution in [2.24, 2.45) is 5.14 Å². The molecule has 160 valence electrons. The highest BCUT2D eigenvalue weighted by Crippen LogP contribution is 2.52. The maximum atomic E-state index is 14.8. The van der Waals surface area contributed by atoms with E-state index in [0.29, 0.717) is 0 Å². The van der Waals surface area contributed by atoms with Crippen LogP contribution in [0, 0.1) is 17.1 Å². The number of hydrogen-bond acceptors (Lipinski definition) is 5. The number of hydrogen-bond donors (Lipinski definition) is 2. The normalized spacial score (nSPS) is 16.1. The molecule has 1 aliphatic carbocycles. The number of sulfonamides is 1. The average Bonchev–Trinajstić information content (AvgIpc) is 3.48. The van der Waals surface area contributed by atoms with E-state index in [-0.39, 0.29) is 22.7 Å². The van der Waals surface area contributed by atoms with Crippen LogP contribution in [0.5, 0.6) is 0 Å². The quantitative estimate of drug-likeness (QED) is 0.636. The molecule has 0 radical (unpaired) electrons. The summed E-state index contributed by atoms with van der Waals surface area (Å²) in [5, 5.41) is 17.8. The Balaban J connectivity index is 1.90. The minimum absolute atomic E-state index is 0.0255. The largest absolute Gasteiger partial charge is 0.379 e. The van der Waals surface area contributed by atoms with E-state index in [0.717, 1.165) is 44.4 Å². The third-order valence-electron chi connectivity index (χ3n) is 5.66. The van der Waals surface area contributed by atoms with Crippen LogP contribution in [0.1, 0.15) is 36.8 Å². The van der Waals surface area contributed by atoms with Crippen molar-refractivity contribution in [3.05, 3.63) is 59.4 Å². The molecule has 0 amide bonds. The number of rotatable bonds is 9. The molecule has 0 bridgehead atoms. The van der Waals surface area contributed by atoms with Gasteiger partial charge in [0.25, 0.3) is 0 Å². The Hall–Kier alpha value is -2.47. The maximum Gasteiger partial charge on any atom is 0.238 e. The van der Waals surface area contributed by atoms with Crippen molar-refractivity contribution in [1.82, 2.24) is 4.90 Å². The van der Waals surface area contributed by atoms with Crippen LogP contribution < -0.4 is 10.5 Å². The second-order valence-corrected chi connectivity index (χ2v) is 9.83. The van der Waals surface area contributed by atoms with Crippen LogP contribution in [-0.4, -0.2) is 40.0 Å². The van der Waals surface area contributed by atoms with Crippen LogP contribution in [0.15, 0.2) is 47.4 Å². The molecule has 0 aromatic heterocycles. The SMILES string of the molecule is CN(C)CC[C@H](CC1(c2ccccc2)CC1)Nc1c(F)cc(S(N)(=O)=O)cc1C#N. The van der Waals surface area contributed by atoms with Gasteiger partial charge in [-0.15, -0.1) is 0 Å². The number of anilines is 1. The van der Waals surface area contributed by atoms with Crippen LogP contribution in [0.2, 0.25) is 0 Å². The summed E-state index contributed by atoms with van der Waals surface area (Å²) in [5.74, 6) is -0.794. The van der Waals surface area contributed by atoms with Gasteiger partial charge in [-0.05, 0) is 69.4 Å². The molecule has 1 aliphatic rings. The van der Waals surface area contributed by atoms with Crippen molar-refractivity contribution >= 4 is 15.7 Å². The Morgan fingerprint density at radius 1 is 1.27 bits per heavy atom. The number of nitrogens with zero attached hydrogens (tertiary/aromatic N) is 2. The number of nitrogens with one attached hydrogen (secondary N) is 1. The van der Waals surface area contributed by atoms with Crippen molar-refractivity contribution in [3.63, 3.8) is 0 Å². The summed E-state index contributed by atoms with van der Waals surface area (Å²) in [6.07, 6.45) is 3.68. The lowest BCUT2D eigenvalue weighted by molar-refractivity contribution is 0.372. The summed E-state index contributed by atoms with van der Waals surface area (Å²) in [4.78, 5) is 1.65. The molecule has 0 unspecified atom stereocenters. The smallest absolute Gasteiger partial charge is 0.238 e. The Morgan fingerprint density at radius 3 is 2.47 bits per heavy atom. The van der Waals surface area contributed by atoms with E-state index < -0.39 is 20.7 Å². The van der Waals surface area contributed by atoms with Crippen molar-refractivity contribution in [2.45, 2.75) is 42.0 Å². The molecule has 6 nitrogen and oxygen atoms in total. The molecule has 0 aliphatic heterocycles. The zero-order valence-electron chi connectivity index (χ0n) is 17.2. The van der Waals surface area contributed by atoms with Crippen LogP contribution in [-0.2, 0) is 15.4 Å². The van der Waals surface area contributed by atoms with Gasteiger partial charge in [0, 0.05) is 6.04 Å². The zero-order valence-corrected chi connectivity index (χ0v) is 18.0. The summed E-state index contributed by atoms with van der Waals surface area (Å²) in [7, 11) is -0.154. The van der Waals surface area contributed by atoms with E-state index >= 15 is 0 Å². The molecule has 1 fully saturated rings. The van der Waals surface area contributed by atoms with Gasteiger partial charge in [-0.2, -0.15) is 5.26 Å². The third-order valence-corrected chi connectivity index (χ3v) is 6.56. The van der Waals surface area contributed by atoms with Gasteiger partial charge >= 0.3 is 0 Å². The van der Waals surface area contributed by atoms with Gasteiger partial charge in [0.15, 0.2) is 0 Å². The summed E-state index contributed by atoms with van der Waals surface area (Å²) in [5.41, 5.74) is 1.28. The Bertz CT molecular complexity index is 1040. The first-order valence-corrected chi connectivity index (χ1v) is 11.4. The van der Waals surface area contributed by atoms with Crippen molar-refractivity contribution in [2.75, 3.05) is 26.0 Å². The predicted octanol–water partition coefficient (Wildman–Crippen LogP) is 3.20. The first-order chi connectivity index (χ1) is 14.1. The predicted molar refractivity (Wildman–Crippen MR) is 115 cm³/mol. The van der Waals surface area contributed by atoms with Crippen LogP contribution in [0.4, 0.5) is 10.1 Å². The monoisotopic (exact) mass is 430 g/mol. The summed E-state index contributed by atoms with van der Waals surface area (Å²) in [6, 6.07) is 14.1. The Labute approximate surface area is 177 Å².